The zero-order chi connectivity index (χ0) is 52.7. The topological polar surface area (TPSA) is 108 Å². The Morgan fingerprint density at radius 1 is 0.500 bits per heavy atom. The third kappa shape index (κ3) is 54.9. The third-order valence-electron chi connectivity index (χ3n) is 12.5. The van der Waals surface area contributed by atoms with E-state index in [1.807, 2.05) is 27.2 Å². The number of rotatable bonds is 52. The number of aliphatic hydroxyl groups excluding tert-OH is 1. The Morgan fingerprint density at radius 2 is 0.861 bits per heavy atom. The van der Waals surface area contributed by atoms with Gasteiger partial charge in [0, 0.05) is 6.42 Å². The van der Waals surface area contributed by atoms with E-state index in [1.165, 1.54) is 128 Å². The van der Waals surface area contributed by atoms with E-state index in [1.54, 1.807) is 6.08 Å². The first-order valence-corrected chi connectivity index (χ1v) is 30.7. The zero-order valence-electron chi connectivity index (χ0n) is 47.1. The highest BCUT2D eigenvalue weighted by Crippen LogP contribution is 2.38. The van der Waals surface area contributed by atoms with E-state index in [9.17, 15) is 19.4 Å². The number of hydrogen-bond acceptors (Lipinski definition) is 6. The number of allylic oxidation sites excluding steroid dienone is 17. The number of phosphoric ester groups is 1. The highest BCUT2D eigenvalue weighted by atomic mass is 31.2. The number of amides is 1. The minimum atomic E-state index is -4.61. The molecule has 0 bridgehead atoms. The summed E-state index contributed by atoms with van der Waals surface area (Å²) in [5.41, 5.74) is 0. The average molecular weight is 1020 g/mol. The Labute approximate surface area is 444 Å². The number of nitrogens with one attached hydrogen (secondary N) is 1. The van der Waals surface area contributed by atoms with Crippen molar-refractivity contribution >= 4 is 13.7 Å². The van der Waals surface area contributed by atoms with Crippen molar-refractivity contribution in [2.24, 2.45) is 0 Å². The molecule has 0 aromatic heterocycles. The van der Waals surface area contributed by atoms with Crippen molar-refractivity contribution in [3.8, 4) is 0 Å². The second kappa shape index (κ2) is 53.0. The van der Waals surface area contributed by atoms with E-state index in [0.29, 0.717) is 17.4 Å². The fraction of sp³-hybridized carbons (Fsp3) is 0.698. The van der Waals surface area contributed by atoms with E-state index in [-0.39, 0.29) is 12.5 Å². The van der Waals surface area contributed by atoms with Gasteiger partial charge in [0.05, 0.1) is 39.9 Å². The predicted molar refractivity (Wildman–Crippen MR) is 311 cm³/mol. The molecule has 0 aliphatic heterocycles. The van der Waals surface area contributed by atoms with E-state index >= 15 is 0 Å². The number of quaternary nitrogens is 1. The molecule has 414 valence electrons. The van der Waals surface area contributed by atoms with E-state index in [2.05, 4.69) is 116 Å². The maximum Gasteiger partial charge on any atom is 0.268 e. The quantitative estimate of drug-likeness (QED) is 0.0272. The molecule has 0 aliphatic carbocycles. The van der Waals surface area contributed by atoms with Gasteiger partial charge in [0.1, 0.15) is 13.2 Å². The summed E-state index contributed by atoms with van der Waals surface area (Å²) in [5, 5.41) is 13.9. The monoisotopic (exact) mass is 1020 g/mol. The molecule has 3 atom stereocenters. The number of likely N-dealkylation sites (N-methyl/N-ethyl adjacent to an activating group) is 1. The molecule has 8 nitrogen and oxygen atoms in total. The lowest BCUT2D eigenvalue weighted by atomic mass is 10.0. The minimum Gasteiger partial charge on any atom is -0.756 e. The molecule has 0 radical (unpaired) electrons. The minimum absolute atomic E-state index is 0.0116. The second-order valence-electron chi connectivity index (χ2n) is 20.6. The van der Waals surface area contributed by atoms with Crippen LogP contribution >= 0.6 is 7.82 Å². The first-order chi connectivity index (χ1) is 35.0. The van der Waals surface area contributed by atoms with Crippen LogP contribution in [0.5, 0.6) is 0 Å². The van der Waals surface area contributed by atoms with Crippen molar-refractivity contribution in [3.05, 3.63) is 109 Å². The molecule has 0 aliphatic rings. The van der Waals surface area contributed by atoms with Crippen LogP contribution in [0.15, 0.2) is 109 Å². The van der Waals surface area contributed by atoms with Crippen LogP contribution in [0.3, 0.4) is 0 Å². The lowest BCUT2D eigenvalue weighted by molar-refractivity contribution is -0.870. The number of unbranched alkanes of at least 4 members (excludes halogenated alkanes) is 23. The van der Waals surface area contributed by atoms with Gasteiger partial charge >= 0.3 is 0 Å². The summed E-state index contributed by atoms with van der Waals surface area (Å²) < 4.78 is 23.3. The van der Waals surface area contributed by atoms with Crippen LogP contribution in [-0.2, 0) is 18.4 Å². The summed E-state index contributed by atoms with van der Waals surface area (Å²) in [6.45, 7) is 4.51. The lowest BCUT2D eigenvalue weighted by Crippen LogP contribution is -2.45. The number of hydrogen-bond donors (Lipinski definition) is 2. The van der Waals surface area contributed by atoms with Crippen molar-refractivity contribution in [2.75, 3.05) is 40.9 Å². The van der Waals surface area contributed by atoms with Gasteiger partial charge in [-0.2, -0.15) is 0 Å². The van der Waals surface area contributed by atoms with Gasteiger partial charge < -0.3 is 28.8 Å². The fourth-order valence-corrected chi connectivity index (χ4v) is 8.64. The normalized spacial score (nSPS) is 14.7. The molecule has 9 heteroatoms. The molecule has 0 saturated carbocycles. The van der Waals surface area contributed by atoms with Crippen LogP contribution in [0, 0.1) is 0 Å². The highest BCUT2D eigenvalue weighted by molar-refractivity contribution is 7.45. The van der Waals surface area contributed by atoms with E-state index in [4.69, 9.17) is 9.05 Å². The average Bonchev–Trinajstić information content (AvgIpc) is 3.34. The van der Waals surface area contributed by atoms with Crippen LogP contribution in [0.25, 0.3) is 0 Å². The van der Waals surface area contributed by atoms with Gasteiger partial charge in [0.25, 0.3) is 7.82 Å². The largest absolute Gasteiger partial charge is 0.756 e. The molecule has 1 amide bonds. The number of nitrogens with zero attached hydrogens (tertiary/aromatic N) is 1. The summed E-state index contributed by atoms with van der Waals surface area (Å²) in [5.74, 6) is -0.214. The molecule has 0 spiro atoms. The van der Waals surface area contributed by atoms with Gasteiger partial charge in [-0.15, -0.1) is 0 Å². The van der Waals surface area contributed by atoms with Gasteiger partial charge in [0.15, 0.2) is 0 Å². The summed E-state index contributed by atoms with van der Waals surface area (Å²) in [4.78, 5) is 25.5. The SMILES string of the molecule is CC/C=C\C/C=C\C/C=C\C/C=C\C/C=C\C/C=C\C/C=C\CCCCCCCCCCCCCC(=O)NC(COP(=O)([O-])OCC[N+](C)(C)C)C(O)/C=C/CC/C=C/CCCCCCCCCCCCC. The fourth-order valence-electron chi connectivity index (χ4n) is 7.91. The van der Waals surface area contributed by atoms with Crippen molar-refractivity contribution < 1.29 is 32.9 Å². The smallest absolute Gasteiger partial charge is 0.268 e. The first kappa shape index (κ1) is 69.2. The highest BCUT2D eigenvalue weighted by Gasteiger charge is 2.23. The number of carbonyl (C=O) groups is 1. The zero-order valence-corrected chi connectivity index (χ0v) is 48.0. The van der Waals surface area contributed by atoms with Crippen LogP contribution in [0.2, 0.25) is 0 Å². The molecule has 0 heterocycles. The molecule has 0 saturated heterocycles. The summed E-state index contributed by atoms with van der Waals surface area (Å²) in [6, 6.07) is -0.912. The maximum absolute atomic E-state index is 13.0. The van der Waals surface area contributed by atoms with Crippen LogP contribution in [0.4, 0.5) is 0 Å². The second-order valence-corrected chi connectivity index (χ2v) is 22.0. The number of aliphatic hydroxyl groups is 1. The molecule has 0 aromatic carbocycles. The molecule has 0 aromatic rings. The van der Waals surface area contributed by atoms with Gasteiger partial charge in [-0.05, 0) is 89.9 Å². The molecule has 2 N–H and O–H groups in total. The number of carbonyl (C=O) groups excluding carboxylic acids is 1. The van der Waals surface area contributed by atoms with Gasteiger partial charge in [-0.25, -0.2) is 0 Å². The third-order valence-corrected chi connectivity index (χ3v) is 13.4. The standard InChI is InChI=1S/C63H111N2O6P/c1-6-8-10-12-14-16-18-20-22-24-25-26-27-28-29-30-31-32-33-34-35-36-37-38-39-41-43-45-47-49-51-53-55-57-63(67)64-61(60-71-72(68,69)70-59-58-65(3,4)5)62(66)56-54-52-50-48-46-44-42-40-23-21-19-17-15-13-11-9-7-2/h8,10,14,16,20,22,25-26,28-29,31-32,34-35,46,48,54,56,61-62,66H,6-7,9,11-13,15,17-19,21,23-24,27,30,33,36-45,47,49-53,55,57-60H2,1-5H3,(H-,64,67,68,69)/b10-8-,16-14-,22-20-,26-25-,29-28-,32-31-,35-34-,48-46+,56-54+. The molecular weight excluding hydrogens is 912 g/mol. The Balaban J connectivity index is 4.20. The van der Waals surface area contributed by atoms with Gasteiger partial charge in [0.2, 0.25) is 5.91 Å². The Hall–Kier alpha value is -2.84. The Morgan fingerprint density at radius 3 is 1.29 bits per heavy atom. The van der Waals surface area contributed by atoms with Gasteiger partial charge in [-0.3, -0.25) is 9.36 Å². The van der Waals surface area contributed by atoms with Crippen LogP contribution in [-0.4, -0.2) is 68.5 Å². The van der Waals surface area contributed by atoms with Crippen molar-refractivity contribution in [1.82, 2.24) is 5.32 Å². The van der Waals surface area contributed by atoms with Crippen LogP contribution < -0.4 is 10.2 Å². The van der Waals surface area contributed by atoms with E-state index in [0.717, 1.165) is 83.5 Å². The molecule has 0 fully saturated rings. The molecule has 3 unspecified atom stereocenters. The maximum atomic E-state index is 13.0. The lowest BCUT2D eigenvalue weighted by Gasteiger charge is -2.29. The van der Waals surface area contributed by atoms with Crippen molar-refractivity contribution in [2.45, 2.75) is 244 Å². The predicted octanol–water partition coefficient (Wildman–Crippen LogP) is 17.3. The summed E-state index contributed by atoms with van der Waals surface area (Å²) in [6.07, 6.45) is 77.4. The Bertz CT molecular complexity index is 1540. The Kier molecular flexibility index (Phi) is 50.9. The molecule has 72 heavy (non-hydrogen) atoms. The van der Waals surface area contributed by atoms with Crippen molar-refractivity contribution in [1.29, 1.82) is 0 Å². The summed E-state index contributed by atoms with van der Waals surface area (Å²) >= 11 is 0. The molecular formula is C63H111N2O6P. The number of phosphoric acid groups is 1. The van der Waals surface area contributed by atoms with E-state index < -0.39 is 26.6 Å². The molecule has 0 rings (SSSR count). The summed E-state index contributed by atoms with van der Waals surface area (Å²) in [7, 11) is 1.23. The van der Waals surface area contributed by atoms with Crippen molar-refractivity contribution in [3.63, 3.8) is 0 Å². The first-order valence-electron chi connectivity index (χ1n) is 29.2. The van der Waals surface area contributed by atoms with Gasteiger partial charge in [-0.1, -0.05) is 245 Å². The van der Waals surface area contributed by atoms with Crippen LogP contribution in [0.1, 0.15) is 232 Å².